The van der Waals surface area contributed by atoms with Crippen LogP contribution in [0.2, 0.25) is 0 Å². The van der Waals surface area contributed by atoms with Crippen molar-refractivity contribution in [3.05, 3.63) is 93.4 Å². The fraction of sp³-hybridized carbons (Fsp3) is 0.300. The Labute approximate surface area is 249 Å². The number of likely N-dealkylation sites (N-methyl/N-ethyl adjacent to an activating group) is 1. The Bertz CT molecular complexity index is 1510. The second-order valence-corrected chi connectivity index (χ2v) is 10.9. The number of aliphatic hydroxyl groups is 1. The average Bonchev–Trinajstić information content (AvgIpc) is 3.40. The highest BCUT2D eigenvalue weighted by atomic mass is 32.1. The lowest BCUT2D eigenvalue weighted by Gasteiger charge is -2.29. The van der Waals surface area contributed by atoms with E-state index in [1.54, 1.807) is 54.2 Å². The molecule has 4 aromatic rings. The van der Waals surface area contributed by atoms with E-state index < -0.39 is 18.1 Å². The number of anilines is 2. The fourth-order valence-electron chi connectivity index (χ4n) is 4.40. The lowest BCUT2D eigenvalue weighted by atomic mass is 10.00. The first kappa shape index (κ1) is 30.4. The van der Waals surface area contributed by atoms with Gasteiger partial charge in [-0.3, -0.25) is 9.59 Å². The molecule has 4 N–H and O–H groups in total. The summed E-state index contributed by atoms with van der Waals surface area (Å²) in [6, 6.07) is 17.1. The molecule has 42 heavy (non-hydrogen) atoms. The third-order valence-electron chi connectivity index (χ3n) is 6.60. The molecule has 220 valence electrons. The molecule has 0 unspecified atom stereocenters. The molecule has 0 saturated heterocycles. The standard InChI is InChI=1S/C30H35N7O4S/c1-19-18-42-27(32-19)17-37(3)29(40)22-12-8-11-21(14-22)28(39)33-23(13-20-9-6-5-7-10-20)24(38)16-36(2)25-15-26(41-4)35-30(31)34-25/h5-12,14-15,18,23-24,38H,13,16-17H2,1-4H3,(H,33,39)(H2,31,34,35)/t23-,24+/m0/s1. The second-order valence-electron chi connectivity index (χ2n) is 9.97. The summed E-state index contributed by atoms with van der Waals surface area (Å²) in [5.74, 6) is 0.181. The molecule has 0 bridgehead atoms. The number of carbonyl (C=O) groups excluding carboxylic acids is 2. The van der Waals surface area contributed by atoms with E-state index in [4.69, 9.17) is 10.5 Å². The number of benzene rings is 2. The molecule has 0 aliphatic heterocycles. The molecule has 2 heterocycles. The van der Waals surface area contributed by atoms with Crippen molar-refractivity contribution in [2.45, 2.75) is 32.0 Å². The number of nitrogens with zero attached hydrogens (tertiary/aromatic N) is 5. The number of aromatic nitrogens is 3. The predicted octanol–water partition coefficient (Wildman–Crippen LogP) is 2.94. The number of methoxy groups -OCH3 is 1. The van der Waals surface area contributed by atoms with Crippen LogP contribution in [0, 0.1) is 6.92 Å². The maximum absolute atomic E-state index is 13.4. The van der Waals surface area contributed by atoms with E-state index in [9.17, 15) is 14.7 Å². The molecule has 0 aliphatic carbocycles. The van der Waals surface area contributed by atoms with Gasteiger partial charge >= 0.3 is 0 Å². The van der Waals surface area contributed by atoms with E-state index in [1.165, 1.54) is 18.4 Å². The Morgan fingerprint density at radius 3 is 2.48 bits per heavy atom. The van der Waals surface area contributed by atoms with Crippen molar-refractivity contribution in [3.63, 3.8) is 0 Å². The quantitative estimate of drug-likeness (QED) is 0.227. The van der Waals surface area contributed by atoms with Gasteiger partial charge in [0.15, 0.2) is 0 Å². The van der Waals surface area contributed by atoms with Gasteiger partial charge in [0.2, 0.25) is 11.8 Å². The van der Waals surface area contributed by atoms with Crippen LogP contribution in [0.3, 0.4) is 0 Å². The third-order valence-corrected chi connectivity index (χ3v) is 7.56. The van der Waals surface area contributed by atoms with Crippen LogP contribution in [0.15, 0.2) is 66.0 Å². The van der Waals surface area contributed by atoms with E-state index in [1.807, 2.05) is 42.6 Å². The van der Waals surface area contributed by atoms with Crippen molar-refractivity contribution in [3.8, 4) is 5.88 Å². The summed E-state index contributed by atoms with van der Waals surface area (Å²) in [6.45, 7) is 2.42. The molecule has 2 aromatic carbocycles. The van der Waals surface area contributed by atoms with Crippen molar-refractivity contribution in [2.24, 2.45) is 0 Å². The van der Waals surface area contributed by atoms with Gasteiger partial charge in [0, 0.05) is 48.9 Å². The number of thiazole rings is 1. The highest BCUT2D eigenvalue weighted by molar-refractivity contribution is 7.09. The van der Waals surface area contributed by atoms with Gasteiger partial charge in [-0.2, -0.15) is 9.97 Å². The number of rotatable bonds is 12. The molecule has 2 atom stereocenters. The summed E-state index contributed by atoms with van der Waals surface area (Å²) < 4.78 is 5.18. The molecule has 0 saturated carbocycles. The fourth-order valence-corrected chi connectivity index (χ4v) is 5.22. The van der Waals surface area contributed by atoms with Crippen LogP contribution in [0.5, 0.6) is 5.88 Å². The number of aliphatic hydroxyl groups excluding tert-OH is 1. The number of aryl methyl sites for hydroxylation is 1. The minimum absolute atomic E-state index is 0.0432. The Hall–Kier alpha value is -4.55. The summed E-state index contributed by atoms with van der Waals surface area (Å²) >= 11 is 1.50. The van der Waals surface area contributed by atoms with Crippen molar-refractivity contribution >= 4 is 34.9 Å². The highest BCUT2D eigenvalue weighted by Gasteiger charge is 2.25. The number of hydrogen-bond acceptors (Lipinski definition) is 10. The zero-order valence-corrected chi connectivity index (χ0v) is 24.8. The summed E-state index contributed by atoms with van der Waals surface area (Å²) in [7, 11) is 4.94. The highest BCUT2D eigenvalue weighted by Crippen LogP contribution is 2.19. The van der Waals surface area contributed by atoms with Gasteiger partial charge in [-0.15, -0.1) is 11.3 Å². The Morgan fingerprint density at radius 2 is 1.79 bits per heavy atom. The number of nitrogen functional groups attached to an aromatic ring is 1. The largest absolute Gasteiger partial charge is 0.481 e. The topological polar surface area (TPSA) is 147 Å². The number of nitrogens with one attached hydrogen (secondary N) is 1. The molecule has 11 nitrogen and oxygen atoms in total. The minimum Gasteiger partial charge on any atom is -0.481 e. The SMILES string of the molecule is COc1cc(N(C)C[C@@H](O)[C@H](Cc2ccccc2)NC(=O)c2cccc(C(=O)N(C)Cc3nc(C)cs3)c2)nc(N)n1. The van der Waals surface area contributed by atoms with Crippen molar-refractivity contribution in [1.82, 2.24) is 25.2 Å². The van der Waals surface area contributed by atoms with Crippen LogP contribution in [0.25, 0.3) is 0 Å². The van der Waals surface area contributed by atoms with E-state index in [2.05, 4.69) is 20.3 Å². The molecule has 0 aliphatic rings. The van der Waals surface area contributed by atoms with E-state index in [-0.39, 0.29) is 18.4 Å². The first-order chi connectivity index (χ1) is 20.1. The third kappa shape index (κ3) is 8.02. The Balaban J connectivity index is 1.50. The molecular formula is C30H35N7O4S. The van der Waals surface area contributed by atoms with Crippen molar-refractivity contribution in [2.75, 3.05) is 38.4 Å². The molecule has 12 heteroatoms. The zero-order valence-electron chi connectivity index (χ0n) is 24.0. The molecular weight excluding hydrogens is 554 g/mol. The zero-order chi connectivity index (χ0) is 30.2. The summed E-state index contributed by atoms with van der Waals surface area (Å²) in [5.41, 5.74) is 8.36. The van der Waals surface area contributed by atoms with Crippen molar-refractivity contribution < 1.29 is 19.4 Å². The van der Waals surface area contributed by atoms with Crippen LogP contribution in [0.4, 0.5) is 11.8 Å². The predicted molar refractivity (Wildman–Crippen MR) is 163 cm³/mol. The number of carbonyl (C=O) groups is 2. The molecule has 0 radical (unpaired) electrons. The first-order valence-electron chi connectivity index (χ1n) is 13.3. The van der Waals surface area contributed by atoms with E-state index in [0.717, 1.165) is 16.3 Å². The van der Waals surface area contributed by atoms with Gasteiger partial charge in [-0.05, 0) is 37.1 Å². The molecule has 0 fully saturated rings. The summed E-state index contributed by atoms with van der Waals surface area (Å²) in [4.78, 5) is 42.5. The number of nitrogens with two attached hydrogens (primary N) is 1. The monoisotopic (exact) mass is 589 g/mol. The smallest absolute Gasteiger partial charge is 0.253 e. The molecule has 0 spiro atoms. The van der Waals surface area contributed by atoms with Gasteiger partial charge in [-0.25, -0.2) is 4.98 Å². The van der Waals surface area contributed by atoms with Crippen LogP contribution in [0.1, 0.15) is 37.0 Å². The van der Waals surface area contributed by atoms with Crippen molar-refractivity contribution in [1.29, 1.82) is 0 Å². The maximum Gasteiger partial charge on any atom is 0.253 e. The van der Waals surface area contributed by atoms with Gasteiger partial charge in [0.1, 0.15) is 10.8 Å². The molecule has 4 rings (SSSR count). The Kier molecular flexibility index (Phi) is 10.0. The van der Waals surface area contributed by atoms with Gasteiger partial charge in [0.25, 0.3) is 11.8 Å². The number of hydrogen-bond donors (Lipinski definition) is 3. The minimum atomic E-state index is -0.987. The normalized spacial score (nSPS) is 12.3. The second kappa shape index (κ2) is 13.9. The first-order valence-corrected chi connectivity index (χ1v) is 14.2. The molecule has 2 amide bonds. The maximum atomic E-state index is 13.4. The lowest BCUT2D eigenvalue weighted by molar-refractivity contribution is 0.0784. The van der Waals surface area contributed by atoms with E-state index >= 15 is 0 Å². The van der Waals surface area contributed by atoms with E-state index in [0.29, 0.717) is 35.8 Å². The van der Waals surface area contributed by atoms with Crippen LogP contribution >= 0.6 is 11.3 Å². The Morgan fingerprint density at radius 1 is 1.05 bits per heavy atom. The van der Waals surface area contributed by atoms with Gasteiger partial charge < -0.3 is 30.7 Å². The van der Waals surface area contributed by atoms with Gasteiger partial charge in [-0.1, -0.05) is 36.4 Å². The van der Waals surface area contributed by atoms with Crippen LogP contribution in [-0.2, 0) is 13.0 Å². The number of ether oxygens (including phenoxy) is 1. The van der Waals surface area contributed by atoms with Crippen LogP contribution < -0.4 is 20.7 Å². The summed E-state index contributed by atoms with van der Waals surface area (Å²) in [6.07, 6.45) is -0.607. The van der Waals surface area contributed by atoms with Gasteiger partial charge in [0.05, 0.1) is 25.8 Å². The lowest BCUT2D eigenvalue weighted by Crippen LogP contribution is -2.49. The molecule has 2 aromatic heterocycles. The average molecular weight is 590 g/mol. The summed E-state index contributed by atoms with van der Waals surface area (Å²) in [5, 5.41) is 17.1. The number of amides is 2. The van der Waals surface area contributed by atoms with Crippen LogP contribution in [-0.4, -0.2) is 76.7 Å².